The largest absolute Gasteiger partial charge is 0.467 e. The summed E-state index contributed by atoms with van der Waals surface area (Å²) in [5.41, 5.74) is 2.89. The summed E-state index contributed by atoms with van der Waals surface area (Å²) in [5.74, 6) is -0.582. The molecule has 0 aliphatic heterocycles. The molecule has 4 nitrogen and oxygen atoms in total. The van der Waals surface area contributed by atoms with Crippen molar-refractivity contribution >= 4 is 11.7 Å². The van der Waals surface area contributed by atoms with Crippen molar-refractivity contribution in [3.63, 3.8) is 0 Å². The van der Waals surface area contributed by atoms with Gasteiger partial charge in [0.05, 0.1) is 13.2 Å². The highest BCUT2D eigenvalue weighted by atomic mass is 16.5. The Morgan fingerprint density at radius 3 is 2.38 bits per heavy atom. The third kappa shape index (κ3) is 2.99. The Bertz CT molecular complexity index is 415. The number of ether oxygens (including phenoxy) is 1. The zero-order valence-electron chi connectivity index (χ0n) is 9.57. The third-order valence-electron chi connectivity index (χ3n) is 2.10. The Morgan fingerprint density at radius 2 is 1.94 bits per heavy atom. The monoisotopic (exact) mass is 218 g/mol. The molecule has 0 amide bonds. The lowest BCUT2D eigenvalue weighted by molar-refractivity contribution is -0.140. The molecule has 0 fully saturated rings. The fraction of sp³-hybridized carbons (Fsp3) is 0.333. The number of nitrogens with one attached hydrogen (secondary N) is 1. The van der Waals surface area contributed by atoms with E-state index in [0.29, 0.717) is 0 Å². The molecule has 0 bridgehead atoms. The maximum atomic E-state index is 11.2. The van der Waals surface area contributed by atoms with E-state index in [1.54, 1.807) is 0 Å². The summed E-state index contributed by atoms with van der Waals surface area (Å²) >= 11 is 0. The van der Waals surface area contributed by atoms with E-state index in [0.717, 1.165) is 16.8 Å². The first-order valence-corrected chi connectivity index (χ1v) is 4.89. The van der Waals surface area contributed by atoms with Crippen LogP contribution in [0.5, 0.6) is 0 Å². The van der Waals surface area contributed by atoms with E-state index in [9.17, 15) is 4.79 Å². The van der Waals surface area contributed by atoms with Crippen molar-refractivity contribution in [3.05, 3.63) is 29.3 Å². The molecule has 1 N–H and O–H groups in total. The molecule has 84 valence electrons. The third-order valence-corrected chi connectivity index (χ3v) is 2.10. The standard InChI is InChI=1S/C12H14N2O2/c1-8-4-9(2)6-10(5-8)14-11(7-13)12(15)16-3/h4-6,11,14H,1-3H3. The topological polar surface area (TPSA) is 62.1 Å². The molecular weight excluding hydrogens is 204 g/mol. The Hall–Kier alpha value is -2.02. The number of methoxy groups -OCH3 is 1. The van der Waals surface area contributed by atoms with Gasteiger partial charge in [0.15, 0.2) is 0 Å². The molecule has 1 atom stereocenters. The van der Waals surface area contributed by atoms with Crippen LogP contribution in [-0.2, 0) is 9.53 Å². The molecule has 1 aromatic rings. The average Bonchev–Trinajstić information content (AvgIpc) is 2.23. The summed E-state index contributed by atoms with van der Waals surface area (Å²) in [7, 11) is 1.26. The van der Waals surface area contributed by atoms with Crippen LogP contribution >= 0.6 is 0 Å². The van der Waals surface area contributed by atoms with E-state index in [1.807, 2.05) is 38.1 Å². The van der Waals surface area contributed by atoms with E-state index >= 15 is 0 Å². The number of anilines is 1. The smallest absolute Gasteiger partial charge is 0.343 e. The van der Waals surface area contributed by atoms with Crippen LogP contribution in [0.3, 0.4) is 0 Å². The summed E-state index contributed by atoms with van der Waals surface area (Å²) in [6.45, 7) is 3.91. The van der Waals surface area contributed by atoms with Crippen molar-refractivity contribution in [3.8, 4) is 6.07 Å². The zero-order chi connectivity index (χ0) is 12.1. The molecule has 0 spiro atoms. The minimum atomic E-state index is -0.966. The predicted molar refractivity (Wildman–Crippen MR) is 61.0 cm³/mol. The Kier molecular flexibility index (Phi) is 3.90. The number of nitriles is 1. The van der Waals surface area contributed by atoms with Gasteiger partial charge >= 0.3 is 5.97 Å². The average molecular weight is 218 g/mol. The number of hydrogen-bond acceptors (Lipinski definition) is 4. The summed E-state index contributed by atoms with van der Waals surface area (Å²) < 4.78 is 4.51. The second-order valence-corrected chi connectivity index (χ2v) is 3.61. The van der Waals surface area contributed by atoms with E-state index in [4.69, 9.17) is 5.26 Å². The van der Waals surface area contributed by atoms with Crippen molar-refractivity contribution < 1.29 is 9.53 Å². The molecule has 1 unspecified atom stereocenters. The molecule has 0 aromatic heterocycles. The van der Waals surface area contributed by atoms with Gasteiger partial charge in [0.1, 0.15) is 0 Å². The van der Waals surface area contributed by atoms with Gasteiger partial charge in [0.2, 0.25) is 6.04 Å². The Labute approximate surface area is 94.8 Å². The molecule has 1 rings (SSSR count). The fourth-order valence-corrected chi connectivity index (χ4v) is 1.49. The zero-order valence-corrected chi connectivity index (χ0v) is 9.57. The Morgan fingerprint density at radius 1 is 1.38 bits per heavy atom. The quantitative estimate of drug-likeness (QED) is 0.785. The molecule has 0 saturated heterocycles. The molecule has 16 heavy (non-hydrogen) atoms. The molecule has 0 radical (unpaired) electrons. The van der Waals surface area contributed by atoms with Gasteiger partial charge in [-0.15, -0.1) is 0 Å². The van der Waals surface area contributed by atoms with Gasteiger partial charge in [0, 0.05) is 5.69 Å². The van der Waals surface area contributed by atoms with Crippen molar-refractivity contribution in [1.29, 1.82) is 5.26 Å². The van der Waals surface area contributed by atoms with Gasteiger partial charge in [0.25, 0.3) is 0 Å². The summed E-state index contributed by atoms with van der Waals surface area (Å²) in [6.07, 6.45) is 0. The Balaban J connectivity index is 2.87. The number of benzene rings is 1. The van der Waals surface area contributed by atoms with Gasteiger partial charge in [-0.25, -0.2) is 4.79 Å². The van der Waals surface area contributed by atoms with Gasteiger partial charge in [-0.2, -0.15) is 5.26 Å². The summed E-state index contributed by atoms with van der Waals surface area (Å²) in [5, 5.41) is 11.6. The van der Waals surface area contributed by atoms with E-state index in [2.05, 4.69) is 10.1 Å². The number of carbonyl (C=O) groups is 1. The number of esters is 1. The van der Waals surface area contributed by atoms with Crippen LogP contribution in [0.15, 0.2) is 18.2 Å². The van der Waals surface area contributed by atoms with Crippen LogP contribution in [0, 0.1) is 25.2 Å². The SMILES string of the molecule is COC(=O)C(C#N)Nc1cc(C)cc(C)c1. The van der Waals surface area contributed by atoms with Crippen molar-refractivity contribution in [2.45, 2.75) is 19.9 Å². The molecule has 0 saturated carbocycles. The normalized spacial score (nSPS) is 11.4. The van der Waals surface area contributed by atoms with Crippen molar-refractivity contribution in [2.24, 2.45) is 0 Å². The second kappa shape index (κ2) is 5.17. The molecule has 0 heterocycles. The molecule has 0 aliphatic rings. The van der Waals surface area contributed by atoms with Gasteiger partial charge in [-0.05, 0) is 37.1 Å². The molecule has 4 heteroatoms. The van der Waals surface area contributed by atoms with Gasteiger partial charge in [-0.3, -0.25) is 0 Å². The van der Waals surface area contributed by atoms with Crippen LogP contribution in [-0.4, -0.2) is 19.1 Å². The van der Waals surface area contributed by atoms with Crippen LogP contribution in [0.1, 0.15) is 11.1 Å². The second-order valence-electron chi connectivity index (χ2n) is 3.61. The highest BCUT2D eigenvalue weighted by Gasteiger charge is 2.17. The number of rotatable bonds is 3. The minimum absolute atomic E-state index is 0.582. The number of aryl methyl sites for hydroxylation is 2. The summed E-state index contributed by atoms with van der Waals surface area (Å²) in [6, 6.07) is 6.66. The first kappa shape index (κ1) is 12.1. The maximum absolute atomic E-state index is 11.2. The van der Waals surface area contributed by atoms with Crippen LogP contribution in [0.2, 0.25) is 0 Å². The van der Waals surface area contributed by atoms with E-state index < -0.39 is 12.0 Å². The molecule has 0 aliphatic carbocycles. The lowest BCUT2D eigenvalue weighted by Crippen LogP contribution is -2.28. The first-order valence-electron chi connectivity index (χ1n) is 4.89. The minimum Gasteiger partial charge on any atom is -0.467 e. The first-order chi connectivity index (χ1) is 7.56. The van der Waals surface area contributed by atoms with Gasteiger partial charge in [-0.1, -0.05) is 6.07 Å². The van der Waals surface area contributed by atoms with E-state index in [1.165, 1.54) is 7.11 Å². The van der Waals surface area contributed by atoms with Crippen LogP contribution in [0.4, 0.5) is 5.69 Å². The van der Waals surface area contributed by atoms with Crippen molar-refractivity contribution in [2.75, 3.05) is 12.4 Å². The maximum Gasteiger partial charge on any atom is 0.343 e. The molecular formula is C12H14N2O2. The highest BCUT2D eigenvalue weighted by Crippen LogP contribution is 2.14. The van der Waals surface area contributed by atoms with Gasteiger partial charge < -0.3 is 10.1 Å². The number of nitrogens with zero attached hydrogens (tertiary/aromatic N) is 1. The fourth-order valence-electron chi connectivity index (χ4n) is 1.49. The lowest BCUT2D eigenvalue weighted by atomic mass is 10.1. The van der Waals surface area contributed by atoms with Crippen LogP contribution in [0.25, 0.3) is 0 Å². The number of hydrogen-bond donors (Lipinski definition) is 1. The summed E-state index contributed by atoms with van der Waals surface area (Å²) in [4.78, 5) is 11.2. The van der Waals surface area contributed by atoms with E-state index in [-0.39, 0.29) is 0 Å². The highest BCUT2D eigenvalue weighted by molar-refractivity contribution is 5.82. The predicted octanol–water partition coefficient (Wildman–Crippen LogP) is 1.78. The number of carbonyl (C=O) groups excluding carboxylic acids is 1. The van der Waals surface area contributed by atoms with Crippen molar-refractivity contribution in [1.82, 2.24) is 0 Å². The van der Waals surface area contributed by atoms with Crippen LogP contribution < -0.4 is 5.32 Å². The lowest BCUT2D eigenvalue weighted by Gasteiger charge is -2.12. The molecule has 1 aromatic carbocycles.